The van der Waals surface area contributed by atoms with Gasteiger partial charge in [-0.25, -0.2) is 8.63 Å². The maximum Gasteiger partial charge on any atom is 0.796 e. The predicted octanol–water partition coefficient (Wildman–Crippen LogP) is 6.49. The van der Waals surface area contributed by atoms with Crippen molar-refractivity contribution in [3.63, 3.8) is 0 Å². The van der Waals surface area contributed by atoms with Gasteiger partial charge in [-0.1, -0.05) is 48.5 Å². The van der Waals surface area contributed by atoms with Crippen LogP contribution in [-0.4, -0.2) is 17.4 Å². The highest BCUT2D eigenvalue weighted by Gasteiger charge is 2.31. The Morgan fingerprint density at radius 3 is 2.17 bits per heavy atom. The highest BCUT2D eigenvalue weighted by atomic mass is 19.2. The van der Waals surface area contributed by atoms with Crippen LogP contribution in [0.1, 0.15) is 22.4 Å². The van der Waals surface area contributed by atoms with Crippen LogP contribution in [-0.2, 0) is 25.7 Å². The Balaban J connectivity index is 1.71. The summed E-state index contributed by atoms with van der Waals surface area (Å²) in [6, 6.07) is 20.0. The molecule has 6 rings (SSSR count). The molecule has 0 aliphatic heterocycles. The van der Waals surface area contributed by atoms with Crippen molar-refractivity contribution < 1.29 is 18.2 Å². The number of benzene rings is 3. The van der Waals surface area contributed by atoms with Gasteiger partial charge in [-0.2, -0.15) is 0 Å². The molecule has 0 saturated carbocycles. The third-order valence-electron chi connectivity index (χ3n) is 6.87. The van der Waals surface area contributed by atoms with E-state index in [4.69, 9.17) is 9.64 Å². The standard InChI is InChI=1S/C27H19BF2N2O3/c29-28(30)35-24-14-11-18(32(33)34)15-22(24)27-26-20-8-4-2-5-16(20)9-12-21(26)25-19-7-3-1-6-17(19)10-13-23(25)31-27/h1-8,11,14-15H,9-10,12-13H2. The minimum Gasteiger partial charge on any atom is -0.505 e. The van der Waals surface area contributed by atoms with Gasteiger partial charge in [-0.15, -0.1) is 0 Å². The number of nitro groups is 1. The van der Waals surface area contributed by atoms with E-state index in [0.717, 1.165) is 58.3 Å². The molecule has 0 fully saturated rings. The molecule has 0 bridgehead atoms. The number of rotatable bonds is 4. The Labute approximate surface area is 200 Å². The number of nitrogens with zero attached hydrogens (tertiary/aromatic N) is 2. The number of aromatic nitrogens is 1. The molecule has 0 amide bonds. The predicted molar refractivity (Wildman–Crippen MR) is 131 cm³/mol. The third-order valence-corrected chi connectivity index (χ3v) is 6.87. The number of fused-ring (bicyclic) bond motifs is 7. The fourth-order valence-corrected chi connectivity index (χ4v) is 5.42. The molecule has 2 aliphatic rings. The first kappa shape index (κ1) is 21.5. The SMILES string of the molecule is O=[N+]([O-])c1ccc(OB(F)F)c(-c2nc3c(c4c2-c2ccccc2CC4)-c2ccccc2CC3)c1. The van der Waals surface area contributed by atoms with E-state index in [2.05, 4.69) is 18.2 Å². The number of aryl methyl sites for hydroxylation is 3. The fraction of sp³-hybridized carbons (Fsp3) is 0.148. The van der Waals surface area contributed by atoms with Crippen LogP contribution in [0.15, 0.2) is 66.7 Å². The summed E-state index contributed by atoms with van der Waals surface area (Å²) in [6.45, 7) is 0. The molecule has 3 aromatic carbocycles. The number of halogens is 2. The molecule has 5 nitrogen and oxygen atoms in total. The summed E-state index contributed by atoms with van der Waals surface area (Å²) in [5.41, 5.74) is 8.87. The Hall–Kier alpha value is -4.07. The molecule has 0 atom stereocenters. The van der Waals surface area contributed by atoms with E-state index in [1.807, 2.05) is 30.3 Å². The van der Waals surface area contributed by atoms with Gasteiger partial charge in [0.25, 0.3) is 5.69 Å². The molecule has 4 aromatic rings. The summed E-state index contributed by atoms with van der Waals surface area (Å²) in [6.07, 6.45) is 3.13. The normalized spacial score (nSPS) is 13.2. The van der Waals surface area contributed by atoms with Crippen LogP contribution in [0.3, 0.4) is 0 Å². The molecule has 0 radical (unpaired) electrons. The quantitative estimate of drug-likeness (QED) is 0.195. The second-order valence-corrected chi connectivity index (χ2v) is 8.77. The van der Waals surface area contributed by atoms with Crippen molar-refractivity contribution in [2.24, 2.45) is 0 Å². The summed E-state index contributed by atoms with van der Waals surface area (Å²) in [4.78, 5) is 16.0. The Bertz CT molecular complexity index is 1510. The fourth-order valence-electron chi connectivity index (χ4n) is 5.42. The average molecular weight is 468 g/mol. The van der Waals surface area contributed by atoms with E-state index in [1.165, 1.54) is 23.8 Å². The van der Waals surface area contributed by atoms with Crippen molar-refractivity contribution >= 4 is 13.2 Å². The zero-order valence-electron chi connectivity index (χ0n) is 18.6. The minimum absolute atomic E-state index is 0.125. The number of pyridine rings is 1. The van der Waals surface area contributed by atoms with Crippen molar-refractivity contribution in [2.75, 3.05) is 0 Å². The van der Waals surface area contributed by atoms with Crippen molar-refractivity contribution in [3.8, 4) is 39.3 Å². The van der Waals surface area contributed by atoms with Crippen LogP contribution >= 0.6 is 0 Å². The summed E-state index contributed by atoms with van der Waals surface area (Å²) in [5.74, 6) is -0.125. The van der Waals surface area contributed by atoms with Gasteiger partial charge in [0.15, 0.2) is 0 Å². The van der Waals surface area contributed by atoms with E-state index in [-0.39, 0.29) is 17.0 Å². The molecule has 2 aliphatic carbocycles. The third kappa shape index (κ3) is 3.57. The maximum absolute atomic E-state index is 13.3. The number of non-ortho nitro benzene ring substituents is 1. The molecule has 35 heavy (non-hydrogen) atoms. The first-order chi connectivity index (χ1) is 17.0. The Morgan fingerprint density at radius 2 is 1.49 bits per heavy atom. The van der Waals surface area contributed by atoms with Gasteiger partial charge in [0.1, 0.15) is 5.75 Å². The minimum atomic E-state index is -3.07. The molecule has 8 heteroatoms. The Kier molecular flexibility index (Phi) is 5.09. The Morgan fingerprint density at radius 1 is 0.829 bits per heavy atom. The monoisotopic (exact) mass is 468 g/mol. The van der Waals surface area contributed by atoms with Gasteiger partial charge in [-0.3, -0.25) is 15.1 Å². The summed E-state index contributed by atoms with van der Waals surface area (Å²) in [5, 5.41) is 11.6. The van der Waals surface area contributed by atoms with Gasteiger partial charge >= 0.3 is 7.47 Å². The lowest BCUT2D eigenvalue weighted by Crippen LogP contribution is -2.16. The van der Waals surface area contributed by atoms with Crippen LogP contribution < -0.4 is 4.65 Å². The van der Waals surface area contributed by atoms with Crippen molar-refractivity contribution in [1.29, 1.82) is 0 Å². The lowest BCUT2D eigenvalue weighted by molar-refractivity contribution is -0.384. The van der Waals surface area contributed by atoms with E-state index < -0.39 is 12.4 Å². The zero-order valence-corrected chi connectivity index (χ0v) is 18.6. The highest BCUT2D eigenvalue weighted by molar-refractivity contribution is 6.35. The largest absolute Gasteiger partial charge is 0.796 e. The first-order valence-corrected chi connectivity index (χ1v) is 11.5. The van der Waals surface area contributed by atoms with Gasteiger partial charge in [0.05, 0.1) is 10.6 Å². The molecule has 0 N–H and O–H groups in total. The van der Waals surface area contributed by atoms with Gasteiger partial charge in [0, 0.05) is 34.5 Å². The van der Waals surface area contributed by atoms with E-state index in [0.29, 0.717) is 12.1 Å². The topological polar surface area (TPSA) is 65.3 Å². The molecular weight excluding hydrogens is 449 g/mol. The van der Waals surface area contributed by atoms with Crippen LogP contribution in [0.4, 0.5) is 14.3 Å². The number of nitro benzene ring substituents is 1. The van der Waals surface area contributed by atoms with Crippen molar-refractivity contribution in [2.45, 2.75) is 25.7 Å². The second kappa shape index (κ2) is 8.30. The molecular formula is C27H19BF2N2O3. The summed E-state index contributed by atoms with van der Waals surface area (Å²) in [7, 11) is -3.07. The molecule has 172 valence electrons. The molecule has 1 aromatic heterocycles. The highest BCUT2D eigenvalue weighted by Crippen LogP contribution is 2.49. The maximum atomic E-state index is 13.3. The van der Waals surface area contributed by atoms with Crippen LogP contribution in [0.2, 0.25) is 0 Å². The first-order valence-electron chi connectivity index (χ1n) is 11.5. The lowest BCUT2D eigenvalue weighted by atomic mass is 9.76. The van der Waals surface area contributed by atoms with Crippen LogP contribution in [0.25, 0.3) is 33.5 Å². The van der Waals surface area contributed by atoms with Crippen LogP contribution in [0, 0.1) is 10.1 Å². The van der Waals surface area contributed by atoms with E-state index in [1.54, 1.807) is 0 Å². The van der Waals surface area contributed by atoms with Gasteiger partial charge in [0.2, 0.25) is 0 Å². The van der Waals surface area contributed by atoms with E-state index in [9.17, 15) is 18.7 Å². The average Bonchev–Trinajstić information content (AvgIpc) is 2.87. The molecule has 0 spiro atoms. The van der Waals surface area contributed by atoms with Crippen molar-refractivity contribution in [1.82, 2.24) is 4.98 Å². The smallest absolute Gasteiger partial charge is 0.505 e. The second-order valence-electron chi connectivity index (χ2n) is 8.77. The lowest BCUT2D eigenvalue weighted by Gasteiger charge is -2.30. The summed E-state index contributed by atoms with van der Waals surface area (Å²) >= 11 is 0. The summed E-state index contributed by atoms with van der Waals surface area (Å²) < 4.78 is 31.4. The van der Waals surface area contributed by atoms with Crippen molar-refractivity contribution in [3.05, 3.63) is 99.2 Å². The number of hydrogen-bond donors (Lipinski definition) is 0. The molecule has 0 unspecified atom stereocenters. The van der Waals surface area contributed by atoms with Gasteiger partial charge < -0.3 is 4.65 Å². The number of hydrogen-bond acceptors (Lipinski definition) is 4. The molecule has 1 heterocycles. The van der Waals surface area contributed by atoms with Crippen LogP contribution in [0.5, 0.6) is 5.75 Å². The zero-order chi connectivity index (χ0) is 24.1. The molecule has 0 saturated heterocycles. The van der Waals surface area contributed by atoms with E-state index >= 15 is 0 Å². The van der Waals surface area contributed by atoms with Gasteiger partial charge in [-0.05, 0) is 59.6 Å².